The Kier molecular flexibility index (Phi) is 2.64. The van der Waals surface area contributed by atoms with E-state index in [4.69, 9.17) is 10.5 Å². The number of hydrogen-bond donors (Lipinski definition) is 1. The first-order valence-corrected chi connectivity index (χ1v) is 6.05. The first-order valence-electron chi connectivity index (χ1n) is 5.26. The van der Waals surface area contributed by atoms with E-state index in [0.29, 0.717) is 21.8 Å². The van der Waals surface area contributed by atoms with E-state index < -0.39 is 0 Å². The molecule has 2 heterocycles. The Morgan fingerprint density at radius 1 is 1.22 bits per heavy atom. The van der Waals surface area contributed by atoms with Gasteiger partial charge in [0.15, 0.2) is 0 Å². The maximum Gasteiger partial charge on any atom is 0.245 e. The zero-order valence-corrected chi connectivity index (χ0v) is 10.8. The van der Waals surface area contributed by atoms with Gasteiger partial charge in [-0.05, 0) is 34.1 Å². The number of halogens is 1. The molecule has 0 fully saturated rings. The molecule has 18 heavy (non-hydrogen) atoms. The standard InChI is InChI=1S/C12H9BrN4O/c13-11-8(14)2-1-3-10(11)18-12-9-4-5-16-17(9)7-6-15-12/h1-7H,14H2. The summed E-state index contributed by atoms with van der Waals surface area (Å²) >= 11 is 3.39. The Hall–Kier alpha value is -2.08. The van der Waals surface area contributed by atoms with Crippen molar-refractivity contribution < 1.29 is 4.74 Å². The zero-order chi connectivity index (χ0) is 12.5. The molecule has 3 rings (SSSR count). The highest BCUT2D eigenvalue weighted by Gasteiger charge is 2.09. The van der Waals surface area contributed by atoms with E-state index in [1.807, 2.05) is 18.2 Å². The van der Waals surface area contributed by atoms with Crippen molar-refractivity contribution in [1.82, 2.24) is 14.6 Å². The third kappa shape index (κ3) is 1.80. The van der Waals surface area contributed by atoms with Gasteiger partial charge in [-0.1, -0.05) is 6.07 Å². The molecule has 0 unspecified atom stereocenters. The molecular formula is C12H9BrN4O. The van der Waals surface area contributed by atoms with Gasteiger partial charge in [0.25, 0.3) is 0 Å². The van der Waals surface area contributed by atoms with Crippen LogP contribution in [0.1, 0.15) is 0 Å². The van der Waals surface area contributed by atoms with Gasteiger partial charge in [0.2, 0.25) is 5.88 Å². The van der Waals surface area contributed by atoms with E-state index in [9.17, 15) is 0 Å². The number of nitrogen functional groups attached to an aromatic ring is 1. The van der Waals surface area contributed by atoms with Gasteiger partial charge < -0.3 is 10.5 Å². The van der Waals surface area contributed by atoms with Crippen molar-refractivity contribution in [1.29, 1.82) is 0 Å². The van der Waals surface area contributed by atoms with Crippen LogP contribution in [0, 0.1) is 0 Å². The van der Waals surface area contributed by atoms with E-state index in [0.717, 1.165) is 5.52 Å². The minimum atomic E-state index is 0.487. The van der Waals surface area contributed by atoms with Crippen LogP contribution >= 0.6 is 15.9 Å². The Morgan fingerprint density at radius 3 is 3.00 bits per heavy atom. The zero-order valence-electron chi connectivity index (χ0n) is 9.25. The molecule has 0 bridgehead atoms. The molecule has 0 saturated heterocycles. The number of nitrogens with zero attached hydrogens (tertiary/aromatic N) is 3. The number of fused-ring (bicyclic) bond motifs is 1. The predicted octanol–water partition coefficient (Wildman–Crippen LogP) is 2.87. The molecule has 90 valence electrons. The smallest absolute Gasteiger partial charge is 0.245 e. The van der Waals surface area contributed by atoms with Crippen LogP contribution in [-0.2, 0) is 0 Å². The summed E-state index contributed by atoms with van der Waals surface area (Å²) in [5.74, 6) is 1.11. The summed E-state index contributed by atoms with van der Waals surface area (Å²) in [6, 6.07) is 7.28. The highest BCUT2D eigenvalue weighted by Crippen LogP contribution is 2.34. The van der Waals surface area contributed by atoms with Gasteiger partial charge in [-0.25, -0.2) is 9.50 Å². The van der Waals surface area contributed by atoms with Crippen LogP contribution in [0.25, 0.3) is 5.52 Å². The number of benzene rings is 1. The molecule has 1 aromatic carbocycles. The number of aromatic nitrogens is 3. The molecule has 0 radical (unpaired) electrons. The largest absolute Gasteiger partial charge is 0.436 e. The summed E-state index contributed by atoms with van der Waals surface area (Å²) in [6.45, 7) is 0. The van der Waals surface area contributed by atoms with Crippen LogP contribution in [0.2, 0.25) is 0 Å². The van der Waals surface area contributed by atoms with E-state index >= 15 is 0 Å². The summed E-state index contributed by atoms with van der Waals surface area (Å²) in [6.07, 6.45) is 5.09. The Balaban J connectivity index is 2.06. The second-order valence-electron chi connectivity index (χ2n) is 3.65. The first kappa shape index (κ1) is 11.0. The Labute approximate surface area is 111 Å². The number of anilines is 1. The molecule has 0 aliphatic carbocycles. The van der Waals surface area contributed by atoms with Gasteiger partial charge in [-0.15, -0.1) is 0 Å². The van der Waals surface area contributed by atoms with E-state index in [2.05, 4.69) is 26.0 Å². The number of nitrogens with two attached hydrogens (primary N) is 1. The molecule has 0 aliphatic heterocycles. The second kappa shape index (κ2) is 4.30. The van der Waals surface area contributed by atoms with Gasteiger partial charge in [-0.2, -0.15) is 5.10 Å². The highest BCUT2D eigenvalue weighted by atomic mass is 79.9. The van der Waals surface area contributed by atoms with Gasteiger partial charge in [0.1, 0.15) is 11.3 Å². The van der Waals surface area contributed by atoms with E-state index in [1.54, 1.807) is 29.2 Å². The molecule has 0 saturated carbocycles. The molecule has 0 amide bonds. The minimum Gasteiger partial charge on any atom is -0.436 e. The maximum absolute atomic E-state index is 5.80. The molecule has 0 spiro atoms. The topological polar surface area (TPSA) is 65.4 Å². The Morgan fingerprint density at radius 2 is 2.11 bits per heavy atom. The molecule has 2 N–H and O–H groups in total. The van der Waals surface area contributed by atoms with Crippen molar-refractivity contribution in [2.24, 2.45) is 0 Å². The first-order chi connectivity index (χ1) is 8.75. The fourth-order valence-corrected chi connectivity index (χ4v) is 1.97. The van der Waals surface area contributed by atoms with Gasteiger partial charge in [0, 0.05) is 18.1 Å². The van der Waals surface area contributed by atoms with Gasteiger partial charge in [0.05, 0.1) is 10.7 Å². The average molecular weight is 305 g/mol. The lowest BCUT2D eigenvalue weighted by Crippen LogP contribution is -1.95. The molecule has 5 nitrogen and oxygen atoms in total. The van der Waals surface area contributed by atoms with E-state index in [1.165, 1.54) is 0 Å². The van der Waals surface area contributed by atoms with Crippen LogP contribution in [0.5, 0.6) is 11.6 Å². The van der Waals surface area contributed by atoms with Crippen molar-refractivity contribution in [3.05, 3.63) is 47.3 Å². The summed E-state index contributed by atoms with van der Waals surface area (Å²) < 4.78 is 8.18. The Bertz CT molecular complexity index is 710. The number of hydrogen-bond acceptors (Lipinski definition) is 4. The average Bonchev–Trinajstić information content (AvgIpc) is 2.84. The fraction of sp³-hybridized carbons (Fsp3) is 0. The number of rotatable bonds is 2. The quantitative estimate of drug-likeness (QED) is 0.739. The second-order valence-corrected chi connectivity index (χ2v) is 4.45. The molecule has 2 aromatic heterocycles. The number of ether oxygens (including phenoxy) is 1. The summed E-state index contributed by atoms with van der Waals surface area (Å²) in [7, 11) is 0. The fourth-order valence-electron chi connectivity index (χ4n) is 1.62. The minimum absolute atomic E-state index is 0.487. The molecular weight excluding hydrogens is 296 g/mol. The van der Waals surface area contributed by atoms with Crippen molar-refractivity contribution >= 4 is 27.1 Å². The van der Waals surface area contributed by atoms with Crippen LogP contribution in [0.3, 0.4) is 0 Å². The van der Waals surface area contributed by atoms with Crippen molar-refractivity contribution in [3.63, 3.8) is 0 Å². The van der Waals surface area contributed by atoms with Crippen molar-refractivity contribution in [2.45, 2.75) is 0 Å². The SMILES string of the molecule is Nc1cccc(Oc2nccn3nccc23)c1Br. The van der Waals surface area contributed by atoms with Crippen LogP contribution in [0.4, 0.5) is 5.69 Å². The lowest BCUT2D eigenvalue weighted by Gasteiger charge is -2.08. The molecule has 0 atom stereocenters. The van der Waals surface area contributed by atoms with Crippen molar-refractivity contribution in [2.75, 3.05) is 5.73 Å². The third-order valence-electron chi connectivity index (χ3n) is 2.49. The molecule has 6 heteroatoms. The van der Waals surface area contributed by atoms with Crippen molar-refractivity contribution in [3.8, 4) is 11.6 Å². The summed E-state index contributed by atoms with van der Waals surface area (Å²) in [5.41, 5.74) is 7.22. The lowest BCUT2D eigenvalue weighted by atomic mass is 10.3. The van der Waals surface area contributed by atoms with Gasteiger partial charge in [-0.3, -0.25) is 0 Å². The predicted molar refractivity (Wildman–Crippen MR) is 71.6 cm³/mol. The van der Waals surface area contributed by atoms with Gasteiger partial charge >= 0.3 is 0 Å². The molecule has 3 aromatic rings. The highest BCUT2D eigenvalue weighted by molar-refractivity contribution is 9.10. The van der Waals surface area contributed by atoms with Crippen LogP contribution in [0.15, 0.2) is 47.3 Å². The molecule has 0 aliphatic rings. The summed E-state index contributed by atoms with van der Waals surface area (Å²) in [4.78, 5) is 4.20. The normalized spacial score (nSPS) is 10.7. The monoisotopic (exact) mass is 304 g/mol. The van der Waals surface area contributed by atoms with Crippen LogP contribution < -0.4 is 10.5 Å². The summed E-state index contributed by atoms with van der Waals surface area (Å²) in [5, 5.41) is 4.12. The maximum atomic E-state index is 5.80. The van der Waals surface area contributed by atoms with E-state index in [-0.39, 0.29) is 0 Å². The van der Waals surface area contributed by atoms with Crippen LogP contribution in [-0.4, -0.2) is 14.6 Å². The third-order valence-corrected chi connectivity index (χ3v) is 3.34. The lowest BCUT2D eigenvalue weighted by molar-refractivity contribution is 0.463.